The average Bonchev–Trinajstić information content (AvgIpc) is 2.63. The summed E-state index contributed by atoms with van der Waals surface area (Å²) in [6.45, 7) is 0. The van der Waals surface area contributed by atoms with E-state index >= 15 is 0 Å². The van der Waals surface area contributed by atoms with Crippen LogP contribution in [-0.4, -0.2) is 25.0 Å². The van der Waals surface area contributed by atoms with Crippen LogP contribution in [0, 0.1) is 0 Å². The minimum atomic E-state index is -0.372. The van der Waals surface area contributed by atoms with Crippen molar-refractivity contribution >= 4 is 17.9 Å². The van der Waals surface area contributed by atoms with Gasteiger partial charge in [0.2, 0.25) is 0 Å². The van der Waals surface area contributed by atoms with E-state index in [4.69, 9.17) is 0 Å². The Morgan fingerprint density at radius 2 is 2.46 bits per heavy atom. The predicted octanol–water partition coefficient (Wildman–Crippen LogP) is 0.856. The second-order valence-electron chi connectivity index (χ2n) is 2.73. The molecule has 0 radical (unpaired) electrons. The van der Waals surface area contributed by atoms with Crippen LogP contribution in [0.5, 0.6) is 0 Å². The predicted molar refractivity (Wildman–Crippen MR) is 48.7 cm³/mol. The molecule has 13 heavy (non-hydrogen) atoms. The molecule has 0 spiro atoms. The summed E-state index contributed by atoms with van der Waals surface area (Å²) < 4.78 is 4.57. The molecule has 0 saturated carbocycles. The van der Waals surface area contributed by atoms with E-state index < -0.39 is 0 Å². The van der Waals surface area contributed by atoms with Crippen molar-refractivity contribution in [2.24, 2.45) is 9.98 Å². The van der Waals surface area contributed by atoms with Gasteiger partial charge < -0.3 is 4.74 Å². The van der Waals surface area contributed by atoms with Crippen LogP contribution in [0.2, 0.25) is 0 Å². The van der Waals surface area contributed by atoms with Crippen LogP contribution in [0.15, 0.2) is 33.5 Å². The van der Waals surface area contributed by atoms with Gasteiger partial charge in [0.15, 0.2) is 0 Å². The third kappa shape index (κ3) is 1.30. The van der Waals surface area contributed by atoms with Gasteiger partial charge in [-0.3, -0.25) is 9.98 Å². The fraction of sp³-hybridized carbons (Fsp3) is 0.222. The molecule has 2 aliphatic rings. The number of rotatable bonds is 1. The van der Waals surface area contributed by atoms with Gasteiger partial charge in [0.1, 0.15) is 5.71 Å². The topological polar surface area (TPSA) is 51.0 Å². The summed E-state index contributed by atoms with van der Waals surface area (Å²) in [5.74, 6) is -0.372. The maximum Gasteiger partial charge on any atom is 0.352 e. The lowest BCUT2D eigenvalue weighted by molar-refractivity contribution is -0.132. The molecular weight excluding hydrogens is 168 g/mol. The van der Waals surface area contributed by atoms with Crippen LogP contribution in [0.1, 0.15) is 6.42 Å². The SMILES string of the molecule is COC(=O)C1=NC=C2N=CC=C2C1. The zero-order chi connectivity index (χ0) is 9.26. The molecule has 2 aliphatic heterocycles. The normalized spacial score (nSPS) is 18.7. The number of carbonyl (C=O) groups excluding carboxylic acids is 1. The molecule has 0 aromatic carbocycles. The molecule has 4 heteroatoms. The van der Waals surface area contributed by atoms with Crippen molar-refractivity contribution in [1.82, 2.24) is 0 Å². The van der Waals surface area contributed by atoms with Gasteiger partial charge >= 0.3 is 5.97 Å². The smallest absolute Gasteiger partial charge is 0.352 e. The number of nitrogens with zero attached hydrogens (tertiary/aromatic N) is 2. The van der Waals surface area contributed by atoms with E-state index in [0.717, 1.165) is 11.3 Å². The van der Waals surface area contributed by atoms with E-state index in [9.17, 15) is 4.79 Å². The molecule has 4 nitrogen and oxygen atoms in total. The Morgan fingerprint density at radius 3 is 3.23 bits per heavy atom. The molecule has 0 amide bonds. The van der Waals surface area contributed by atoms with Crippen LogP contribution in [0.25, 0.3) is 0 Å². The van der Waals surface area contributed by atoms with Crippen LogP contribution in [-0.2, 0) is 9.53 Å². The highest BCUT2D eigenvalue weighted by molar-refractivity contribution is 6.37. The monoisotopic (exact) mass is 176 g/mol. The van der Waals surface area contributed by atoms with Crippen LogP contribution in [0.3, 0.4) is 0 Å². The van der Waals surface area contributed by atoms with E-state index in [1.165, 1.54) is 7.11 Å². The molecule has 0 saturated heterocycles. The van der Waals surface area contributed by atoms with Gasteiger partial charge in [-0.15, -0.1) is 0 Å². The Hall–Kier alpha value is -1.71. The molecular formula is C9H8N2O2. The summed E-state index contributed by atoms with van der Waals surface area (Å²) in [6.07, 6.45) is 5.68. The minimum absolute atomic E-state index is 0.372. The van der Waals surface area contributed by atoms with E-state index in [1.54, 1.807) is 12.4 Å². The zero-order valence-electron chi connectivity index (χ0n) is 7.15. The van der Waals surface area contributed by atoms with Crippen LogP contribution >= 0.6 is 0 Å². The summed E-state index contributed by atoms with van der Waals surface area (Å²) in [6, 6.07) is 0. The number of hydrogen-bond donors (Lipinski definition) is 0. The van der Waals surface area contributed by atoms with Gasteiger partial charge in [0.25, 0.3) is 0 Å². The van der Waals surface area contributed by atoms with E-state index in [0.29, 0.717) is 12.1 Å². The number of allylic oxidation sites excluding steroid dienone is 2. The van der Waals surface area contributed by atoms with Crippen molar-refractivity contribution in [2.45, 2.75) is 6.42 Å². The highest BCUT2D eigenvalue weighted by atomic mass is 16.5. The Balaban J connectivity index is 2.25. The van der Waals surface area contributed by atoms with Crippen molar-refractivity contribution in [2.75, 3.05) is 7.11 Å². The Bertz CT molecular complexity index is 375. The van der Waals surface area contributed by atoms with Gasteiger partial charge in [0, 0.05) is 12.6 Å². The number of fused-ring (bicyclic) bond motifs is 1. The van der Waals surface area contributed by atoms with Gasteiger partial charge in [-0.05, 0) is 11.6 Å². The van der Waals surface area contributed by atoms with E-state index in [-0.39, 0.29) is 5.97 Å². The highest BCUT2D eigenvalue weighted by Gasteiger charge is 2.20. The quantitative estimate of drug-likeness (QED) is 0.556. The second kappa shape index (κ2) is 2.97. The minimum Gasteiger partial charge on any atom is -0.465 e. The van der Waals surface area contributed by atoms with Crippen molar-refractivity contribution in [3.63, 3.8) is 0 Å². The molecule has 0 aromatic heterocycles. The molecule has 2 rings (SSSR count). The number of ether oxygens (including phenoxy) is 1. The fourth-order valence-electron chi connectivity index (χ4n) is 1.25. The molecule has 0 unspecified atom stereocenters. The Kier molecular flexibility index (Phi) is 1.81. The van der Waals surface area contributed by atoms with Crippen molar-refractivity contribution in [3.05, 3.63) is 23.5 Å². The zero-order valence-corrected chi connectivity index (χ0v) is 7.15. The number of hydrogen-bond acceptors (Lipinski definition) is 4. The van der Waals surface area contributed by atoms with Gasteiger partial charge in [0.05, 0.1) is 19.0 Å². The Labute approximate surface area is 75.3 Å². The lowest BCUT2D eigenvalue weighted by Gasteiger charge is -2.09. The van der Waals surface area contributed by atoms with E-state index in [1.807, 2.05) is 6.08 Å². The largest absolute Gasteiger partial charge is 0.465 e. The first kappa shape index (κ1) is 7.91. The summed E-state index contributed by atoms with van der Waals surface area (Å²) in [5.41, 5.74) is 2.30. The molecule has 0 atom stereocenters. The summed E-state index contributed by atoms with van der Waals surface area (Å²) in [7, 11) is 1.35. The van der Waals surface area contributed by atoms with Crippen molar-refractivity contribution < 1.29 is 9.53 Å². The third-order valence-electron chi connectivity index (χ3n) is 1.94. The average molecular weight is 176 g/mol. The highest BCUT2D eigenvalue weighted by Crippen LogP contribution is 2.23. The molecule has 66 valence electrons. The summed E-state index contributed by atoms with van der Waals surface area (Å²) in [5, 5.41) is 0. The van der Waals surface area contributed by atoms with Crippen LogP contribution in [0.4, 0.5) is 0 Å². The first-order valence-corrected chi connectivity index (χ1v) is 3.90. The number of carbonyl (C=O) groups is 1. The van der Waals surface area contributed by atoms with Crippen LogP contribution < -0.4 is 0 Å². The number of methoxy groups -OCH3 is 1. The number of aliphatic imine (C=N–C) groups is 2. The molecule has 0 N–H and O–H groups in total. The van der Waals surface area contributed by atoms with Gasteiger partial charge in [-0.1, -0.05) is 0 Å². The lowest BCUT2D eigenvalue weighted by Crippen LogP contribution is -2.18. The maximum atomic E-state index is 11.1. The summed E-state index contributed by atoms with van der Waals surface area (Å²) in [4.78, 5) is 19.1. The first-order chi connectivity index (χ1) is 6.31. The molecule has 0 aromatic rings. The Morgan fingerprint density at radius 1 is 1.62 bits per heavy atom. The lowest BCUT2D eigenvalue weighted by atomic mass is 10.1. The molecule has 0 fully saturated rings. The third-order valence-corrected chi connectivity index (χ3v) is 1.94. The summed E-state index contributed by atoms with van der Waals surface area (Å²) >= 11 is 0. The fourth-order valence-corrected chi connectivity index (χ4v) is 1.25. The number of esters is 1. The first-order valence-electron chi connectivity index (χ1n) is 3.90. The molecule has 0 aliphatic carbocycles. The van der Waals surface area contributed by atoms with Gasteiger partial charge in [-0.25, -0.2) is 4.79 Å². The maximum absolute atomic E-state index is 11.1. The van der Waals surface area contributed by atoms with Gasteiger partial charge in [-0.2, -0.15) is 0 Å². The molecule has 2 heterocycles. The second-order valence-corrected chi connectivity index (χ2v) is 2.73. The standard InChI is InChI=1S/C9H8N2O2/c1-13-9(12)7-4-6-2-3-10-8(6)5-11-7/h2-3,5H,4H2,1H3. The van der Waals surface area contributed by atoms with E-state index in [2.05, 4.69) is 14.7 Å². The van der Waals surface area contributed by atoms with Crippen molar-refractivity contribution in [1.29, 1.82) is 0 Å². The van der Waals surface area contributed by atoms with Crippen molar-refractivity contribution in [3.8, 4) is 0 Å². The molecule has 0 bridgehead atoms.